The molecule has 0 fully saturated rings. The molecule has 1 aliphatic heterocycles. The van der Waals surface area contributed by atoms with Gasteiger partial charge in [-0.1, -0.05) is 30.3 Å². The van der Waals surface area contributed by atoms with E-state index in [1.54, 1.807) is 24.3 Å². The zero-order chi connectivity index (χ0) is 21.4. The van der Waals surface area contributed by atoms with Crippen molar-refractivity contribution in [3.05, 3.63) is 65.4 Å². The second-order valence-electron chi connectivity index (χ2n) is 7.76. The van der Waals surface area contributed by atoms with E-state index in [-0.39, 0.29) is 12.5 Å². The zero-order valence-corrected chi connectivity index (χ0v) is 16.9. The fourth-order valence-corrected chi connectivity index (χ4v) is 4.34. The summed E-state index contributed by atoms with van der Waals surface area (Å²) in [7, 11) is 0. The smallest absolute Gasteiger partial charge is 0.339 e. The van der Waals surface area contributed by atoms with E-state index >= 15 is 0 Å². The third-order valence-corrected chi connectivity index (χ3v) is 5.77. The highest BCUT2D eigenvalue weighted by Crippen LogP contribution is 2.31. The zero-order valence-electron chi connectivity index (χ0n) is 16.9. The van der Waals surface area contributed by atoms with Crippen molar-refractivity contribution < 1.29 is 19.1 Å². The van der Waals surface area contributed by atoms with E-state index in [4.69, 9.17) is 9.72 Å². The standard InChI is InChI=1S/C24H21N3O4/c28-21-13-27(20-12-6-5-11-19(20)26-21)22(29)14-31-24(30)23-15-7-1-3-9-17(15)25-18-10-4-2-8-16(18)23/h1,3,5-7,9,11-12H,2,4,8,10,13-14H2,(H,26,28). The highest BCUT2D eigenvalue weighted by atomic mass is 16.5. The summed E-state index contributed by atoms with van der Waals surface area (Å²) in [5.74, 6) is -1.25. The monoisotopic (exact) mass is 415 g/mol. The Balaban J connectivity index is 1.41. The molecule has 2 aromatic carbocycles. The van der Waals surface area contributed by atoms with Crippen molar-refractivity contribution in [2.45, 2.75) is 25.7 Å². The van der Waals surface area contributed by atoms with Gasteiger partial charge in [0, 0.05) is 11.1 Å². The number of aromatic nitrogens is 1. The van der Waals surface area contributed by atoms with Crippen molar-refractivity contribution in [2.24, 2.45) is 0 Å². The number of carbonyl (C=O) groups excluding carboxylic acids is 3. The lowest BCUT2D eigenvalue weighted by Gasteiger charge is -2.29. The lowest BCUT2D eigenvalue weighted by molar-refractivity contribution is -0.124. The Labute approximate surface area is 179 Å². The number of benzene rings is 2. The first-order chi connectivity index (χ1) is 15.1. The summed E-state index contributed by atoms with van der Waals surface area (Å²) in [5.41, 5.74) is 4.27. The van der Waals surface area contributed by atoms with Crippen LogP contribution in [0, 0.1) is 0 Å². The van der Waals surface area contributed by atoms with E-state index in [1.165, 1.54) is 4.90 Å². The van der Waals surface area contributed by atoms with E-state index in [1.807, 2.05) is 24.3 Å². The molecule has 1 aliphatic carbocycles. The SMILES string of the molecule is O=C1CN(C(=O)COC(=O)c2c3c(nc4ccccc24)CCCC3)c2ccccc2N1. The molecular formula is C24H21N3O4. The Morgan fingerprint density at radius 2 is 1.81 bits per heavy atom. The van der Waals surface area contributed by atoms with Crippen LogP contribution in [-0.4, -0.2) is 35.9 Å². The summed E-state index contributed by atoms with van der Waals surface area (Å²) in [6.07, 6.45) is 3.64. The molecule has 1 N–H and O–H groups in total. The minimum atomic E-state index is -0.528. The van der Waals surface area contributed by atoms with E-state index in [0.29, 0.717) is 16.9 Å². The van der Waals surface area contributed by atoms with Gasteiger partial charge >= 0.3 is 5.97 Å². The molecule has 0 saturated carbocycles. The first-order valence-electron chi connectivity index (χ1n) is 10.4. The van der Waals surface area contributed by atoms with Crippen LogP contribution in [0.4, 0.5) is 11.4 Å². The first-order valence-corrected chi connectivity index (χ1v) is 10.4. The van der Waals surface area contributed by atoms with Crippen molar-refractivity contribution in [1.29, 1.82) is 0 Å². The minimum absolute atomic E-state index is 0.110. The van der Waals surface area contributed by atoms with Crippen molar-refractivity contribution in [2.75, 3.05) is 23.4 Å². The summed E-state index contributed by atoms with van der Waals surface area (Å²) in [5, 5.41) is 3.48. The first kappa shape index (κ1) is 19.2. The van der Waals surface area contributed by atoms with Gasteiger partial charge in [-0.05, 0) is 49.4 Å². The van der Waals surface area contributed by atoms with Crippen LogP contribution in [0.1, 0.15) is 34.5 Å². The molecular weight excluding hydrogens is 394 g/mol. The number of anilines is 2. The predicted octanol–water partition coefficient (Wildman–Crippen LogP) is 3.26. The largest absolute Gasteiger partial charge is 0.452 e. The molecule has 3 aromatic rings. The maximum atomic E-state index is 13.1. The summed E-state index contributed by atoms with van der Waals surface area (Å²) in [4.78, 5) is 44.0. The van der Waals surface area contributed by atoms with Crippen LogP contribution in [0.15, 0.2) is 48.5 Å². The molecule has 2 aliphatic rings. The molecule has 156 valence electrons. The third-order valence-electron chi connectivity index (χ3n) is 5.77. The summed E-state index contributed by atoms with van der Waals surface area (Å²) in [6, 6.07) is 14.6. The molecule has 0 bridgehead atoms. The molecule has 5 rings (SSSR count). The van der Waals surface area contributed by atoms with Crippen LogP contribution in [-0.2, 0) is 27.2 Å². The molecule has 0 atom stereocenters. The third kappa shape index (κ3) is 3.52. The average Bonchev–Trinajstić information content (AvgIpc) is 2.80. The molecule has 0 unspecified atom stereocenters. The number of hydrogen-bond donors (Lipinski definition) is 1. The number of esters is 1. The Morgan fingerprint density at radius 1 is 1.03 bits per heavy atom. The number of ether oxygens (including phenoxy) is 1. The maximum Gasteiger partial charge on any atom is 0.339 e. The van der Waals surface area contributed by atoms with Gasteiger partial charge in [-0.2, -0.15) is 0 Å². The Bertz CT molecular complexity index is 1220. The normalized spacial score (nSPS) is 15.1. The average molecular weight is 415 g/mol. The molecule has 2 heterocycles. The number of amides is 2. The number of rotatable bonds is 3. The van der Waals surface area contributed by atoms with Gasteiger partial charge < -0.3 is 10.1 Å². The van der Waals surface area contributed by atoms with Crippen molar-refractivity contribution in [3.63, 3.8) is 0 Å². The van der Waals surface area contributed by atoms with Crippen LogP contribution >= 0.6 is 0 Å². The lowest BCUT2D eigenvalue weighted by atomic mass is 9.90. The second kappa shape index (κ2) is 7.83. The van der Waals surface area contributed by atoms with E-state index in [0.717, 1.165) is 47.8 Å². The van der Waals surface area contributed by atoms with E-state index < -0.39 is 18.5 Å². The second-order valence-corrected chi connectivity index (χ2v) is 7.76. The number of aryl methyl sites for hydroxylation is 1. The predicted molar refractivity (Wildman–Crippen MR) is 116 cm³/mol. The number of carbonyl (C=O) groups is 3. The number of nitrogens with zero attached hydrogens (tertiary/aromatic N) is 2. The molecule has 0 radical (unpaired) electrons. The van der Waals surface area contributed by atoms with Crippen LogP contribution in [0.3, 0.4) is 0 Å². The topological polar surface area (TPSA) is 88.6 Å². The van der Waals surface area contributed by atoms with Gasteiger partial charge in [0.05, 0.1) is 22.5 Å². The summed E-state index contributed by atoms with van der Waals surface area (Å²) >= 11 is 0. The van der Waals surface area contributed by atoms with Crippen molar-refractivity contribution >= 4 is 40.1 Å². The fraction of sp³-hybridized carbons (Fsp3) is 0.250. The molecule has 2 amide bonds. The Hall–Kier alpha value is -3.74. The number of nitrogens with one attached hydrogen (secondary N) is 1. The number of pyridine rings is 1. The van der Waals surface area contributed by atoms with Crippen molar-refractivity contribution in [1.82, 2.24) is 4.98 Å². The van der Waals surface area contributed by atoms with Gasteiger partial charge in [0.2, 0.25) is 5.91 Å². The van der Waals surface area contributed by atoms with Gasteiger partial charge in [-0.15, -0.1) is 0 Å². The van der Waals surface area contributed by atoms with Gasteiger partial charge in [-0.3, -0.25) is 19.5 Å². The van der Waals surface area contributed by atoms with Crippen molar-refractivity contribution in [3.8, 4) is 0 Å². The quantitative estimate of drug-likeness (QED) is 0.664. The maximum absolute atomic E-state index is 13.1. The highest BCUT2D eigenvalue weighted by Gasteiger charge is 2.29. The summed E-state index contributed by atoms with van der Waals surface area (Å²) < 4.78 is 5.48. The Kier molecular flexibility index (Phi) is 4.86. The summed E-state index contributed by atoms with van der Waals surface area (Å²) in [6.45, 7) is -0.549. The highest BCUT2D eigenvalue weighted by molar-refractivity contribution is 6.11. The molecule has 0 saturated heterocycles. The van der Waals surface area contributed by atoms with Crippen LogP contribution in [0.25, 0.3) is 10.9 Å². The van der Waals surface area contributed by atoms with Crippen LogP contribution in [0.2, 0.25) is 0 Å². The number of para-hydroxylation sites is 3. The van der Waals surface area contributed by atoms with E-state index in [9.17, 15) is 14.4 Å². The molecule has 31 heavy (non-hydrogen) atoms. The number of fused-ring (bicyclic) bond motifs is 3. The molecule has 7 heteroatoms. The number of hydrogen-bond acceptors (Lipinski definition) is 5. The molecule has 1 aromatic heterocycles. The van der Waals surface area contributed by atoms with Gasteiger partial charge in [0.1, 0.15) is 6.54 Å². The fourth-order valence-electron chi connectivity index (χ4n) is 4.34. The van der Waals surface area contributed by atoms with Crippen LogP contribution in [0.5, 0.6) is 0 Å². The van der Waals surface area contributed by atoms with Crippen LogP contribution < -0.4 is 10.2 Å². The van der Waals surface area contributed by atoms with Gasteiger partial charge in [0.25, 0.3) is 5.91 Å². The van der Waals surface area contributed by atoms with Gasteiger partial charge in [-0.25, -0.2) is 4.79 Å². The lowest BCUT2D eigenvalue weighted by Crippen LogP contribution is -2.44. The molecule has 7 nitrogen and oxygen atoms in total. The minimum Gasteiger partial charge on any atom is -0.452 e. The van der Waals surface area contributed by atoms with E-state index in [2.05, 4.69) is 5.32 Å². The molecule has 0 spiro atoms. The van der Waals surface area contributed by atoms with Gasteiger partial charge in [0.15, 0.2) is 6.61 Å². The Morgan fingerprint density at radius 3 is 2.71 bits per heavy atom.